The van der Waals surface area contributed by atoms with E-state index in [4.69, 9.17) is 0 Å². The molecule has 4 aliphatic rings. The number of benzene rings is 9. The standard InChI is InChI=1S/C64H54N4/c1-5-18-50(19-6-1)65(51-20-7-2-8-21-51)55-26-15-28-57(41-55)67(61-32-17-33-62-63(61)59-30-13-14-31-60(59)68(62)53-24-11-4-12-25-53)58-29-16-27-56(42-58)66(52-22-9-3-10-23-52)54-36-34-49(35-37-54)64-43-46-38-47(44-64)40-48(39-46)45-64/h1-37,41-42,46-48H,38-40,43-45H2. The minimum Gasteiger partial charge on any atom is -0.310 e. The molecule has 0 aliphatic heterocycles. The van der Waals surface area contributed by atoms with Crippen molar-refractivity contribution >= 4 is 73.0 Å². The maximum atomic E-state index is 2.48. The van der Waals surface area contributed by atoms with Gasteiger partial charge in [0.25, 0.3) is 0 Å². The molecule has 4 bridgehead atoms. The molecule has 68 heavy (non-hydrogen) atoms. The van der Waals surface area contributed by atoms with Crippen molar-refractivity contribution in [2.24, 2.45) is 17.8 Å². The molecule has 9 aromatic carbocycles. The van der Waals surface area contributed by atoms with Gasteiger partial charge in [-0.2, -0.15) is 0 Å². The van der Waals surface area contributed by atoms with Gasteiger partial charge in [0.1, 0.15) is 0 Å². The van der Waals surface area contributed by atoms with Gasteiger partial charge in [-0.25, -0.2) is 0 Å². The summed E-state index contributed by atoms with van der Waals surface area (Å²) in [6, 6.07) is 86.7. The average molecular weight is 879 g/mol. The molecule has 4 heteroatoms. The summed E-state index contributed by atoms with van der Waals surface area (Å²) in [5, 5.41) is 2.41. The molecule has 4 nitrogen and oxygen atoms in total. The fourth-order valence-corrected chi connectivity index (χ4v) is 13.1. The highest BCUT2D eigenvalue weighted by Gasteiger charge is 2.51. The van der Waals surface area contributed by atoms with Crippen LogP contribution in [0.2, 0.25) is 0 Å². The van der Waals surface area contributed by atoms with E-state index in [0.717, 1.165) is 74.5 Å². The second-order valence-corrected chi connectivity index (χ2v) is 19.7. The Balaban J connectivity index is 0.994. The molecule has 1 aromatic heterocycles. The van der Waals surface area contributed by atoms with E-state index in [1.54, 1.807) is 5.56 Å². The van der Waals surface area contributed by atoms with E-state index in [2.05, 4.69) is 256 Å². The van der Waals surface area contributed by atoms with Gasteiger partial charge in [-0.3, -0.25) is 0 Å². The first-order valence-electron chi connectivity index (χ1n) is 24.6. The van der Waals surface area contributed by atoms with E-state index in [1.807, 2.05) is 0 Å². The van der Waals surface area contributed by atoms with Crippen LogP contribution >= 0.6 is 0 Å². The fourth-order valence-electron chi connectivity index (χ4n) is 13.1. The summed E-state index contributed by atoms with van der Waals surface area (Å²) >= 11 is 0. The molecule has 0 amide bonds. The average Bonchev–Trinajstić information content (AvgIpc) is 3.73. The zero-order chi connectivity index (χ0) is 45.0. The lowest BCUT2D eigenvalue weighted by atomic mass is 9.48. The van der Waals surface area contributed by atoms with Crippen molar-refractivity contribution in [3.05, 3.63) is 242 Å². The summed E-state index contributed by atoms with van der Waals surface area (Å²) in [6.45, 7) is 0. The highest BCUT2D eigenvalue weighted by molar-refractivity contribution is 6.16. The van der Waals surface area contributed by atoms with Crippen LogP contribution in [-0.4, -0.2) is 4.57 Å². The first-order chi connectivity index (χ1) is 33.7. The summed E-state index contributed by atoms with van der Waals surface area (Å²) in [5.74, 6) is 2.73. The smallest absolute Gasteiger partial charge is 0.0562 e. The number of para-hydroxylation sites is 5. The van der Waals surface area contributed by atoms with Crippen LogP contribution in [0.1, 0.15) is 44.1 Å². The van der Waals surface area contributed by atoms with Crippen molar-refractivity contribution in [1.82, 2.24) is 4.57 Å². The zero-order valence-corrected chi connectivity index (χ0v) is 38.3. The molecule has 4 aliphatic carbocycles. The van der Waals surface area contributed by atoms with Gasteiger partial charge in [0.15, 0.2) is 0 Å². The Morgan fingerprint density at radius 2 is 0.735 bits per heavy atom. The van der Waals surface area contributed by atoms with Crippen molar-refractivity contribution in [3.63, 3.8) is 0 Å². The molecule has 0 N–H and O–H groups in total. The van der Waals surface area contributed by atoms with Crippen LogP contribution in [0.3, 0.4) is 0 Å². The number of fused-ring (bicyclic) bond motifs is 3. The second-order valence-electron chi connectivity index (χ2n) is 19.7. The van der Waals surface area contributed by atoms with E-state index in [9.17, 15) is 0 Å². The molecule has 4 saturated carbocycles. The Morgan fingerprint density at radius 1 is 0.338 bits per heavy atom. The Kier molecular flexibility index (Phi) is 10.00. The SMILES string of the molecule is c1ccc(N(c2ccccc2)c2cccc(N(c3cccc(N(c4ccccc4)c4ccc(C56CC7CC(CC(C7)C5)C6)cc4)c3)c3cccc4c3c3ccccc3n4-c3ccccc3)c2)cc1. The molecule has 14 rings (SSSR count). The van der Waals surface area contributed by atoms with Gasteiger partial charge in [0, 0.05) is 62.0 Å². The van der Waals surface area contributed by atoms with E-state index in [0.29, 0.717) is 5.41 Å². The third-order valence-electron chi connectivity index (χ3n) is 15.4. The highest BCUT2D eigenvalue weighted by Crippen LogP contribution is 2.61. The maximum absolute atomic E-state index is 2.48. The molecule has 0 radical (unpaired) electrons. The Hall–Kier alpha value is -7.82. The molecular weight excluding hydrogens is 825 g/mol. The number of hydrogen-bond donors (Lipinski definition) is 0. The van der Waals surface area contributed by atoms with Crippen LogP contribution in [0.25, 0.3) is 27.5 Å². The van der Waals surface area contributed by atoms with Gasteiger partial charge in [0.2, 0.25) is 0 Å². The Bertz CT molecular complexity index is 3300. The highest BCUT2D eigenvalue weighted by atomic mass is 15.2. The van der Waals surface area contributed by atoms with Gasteiger partial charge in [-0.1, -0.05) is 121 Å². The molecule has 0 unspecified atom stereocenters. The quantitative estimate of drug-likeness (QED) is 0.129. The van der Waals surface area contributed by atoms with Crippen molar-refractivity contribution in [1.29, 1.82) is 0 Å². The number of hydrogen-bond acceptors (Lipinski definition) is 3. The van der Waals surface area contributed by atoms with E-state index in [-0.39, 0.29) is 0 Å². The van der Waals surface area contributed by atoms with Gasteiger partial charge in [0.05, 0.1) is 16.7 Å². The van der Waals surface area contributed by atoms with E-state index in [1.165, 1.54) is 60.5 Å². The lowest BCUT2D eigenvalue weighted by Gasteiger charge is -2.57. The number of rotatable bonds is 11. The summed E-state index contributed by atoms with van der Waals surface area (Å²) in [7, 11) is 0. The van der Waals surface area contributed by atoms with Crippen LogP contribution in [-0.2, 0) is 5.41 Å². The van der Waals surface area contributed by atoms with Crippen molar-refractivity contribution in [3.8, 4) is 5.69 Å². The Morgan fingerprint density at radius 3 is 1.25 bits per heavy atom. The summed E-state index contributed by atoms with van der Waals surface area (Å²) in [4.78, 5) is 7.27. The van der Waals surface area contributed by atoms with Crippen LogP contribution in [0.4, 0.5) is 51.2 Å². The molecule has 1 heterocycles. The molecular formula is C64H54N4. The lowest BCUT2D eigenvalue weighted by Crippen LogP contribution is -2.48. The van der Waals surface area contributed by atoms with Gasteiger partial charge in [-0.05, 0) is 183 Å². The van der Waals surface area contributed by atoms with Crippen LogP contribution in [0.5, 0.6) is 0 Å². The van der Waals surface area contributed by atoms with Crippen molar-refractivity contribution in [2.75, 3.05) is 14.7 Å². The number of anilines is 9. The third kappa shape index (κ3) is 7.06. The van der Waals surface area contributed by atoms with Gasteiger partial charge >= 0.3 is 0 Å². The minimum absolute atomic E-state index is 0.348. The minimum atomic E-state index is 0.348. The Labute approximate surface area is 400 Å². The molecule has 4 fully saturated rings. The lowest BCUT2D eigenvalue weighted by molar-refractivity contribution is -0.00518. The summed E-state index contributed by atoms with van der Waals surface area (Å²) in [5.41, 5.74) is 15.3. The van der Waals surface area contributed by atoms with Crippen LogP contribution in [0, 0.1) is 17.8 Å². The predicted molar refractivity (Wildman–Crippen MR) is 285 cm³/mol. The van der Waals surface area contributed by atoms with Crippen LogP contribution in [0.15, 0.2) is 237 Å². The first kappa shape index (κ1) is 40.5. The van der Waals surface area contributed by atoms with E-state index < -0.39 is 0 Å². The molecule has 0 spiro atoms. The van der Waals surface area contributed by atoms with Gasteiger partial charge in [-0.15, -0.1) is 0 Å². The predicted octanol–water partition coefficient (Wildman–Crippen LogP) is 17.7. The second kappa shape index (κ2) is 16.8. The maximum Gasteiger partial charge on any atom is 0.0562 e. The van der Waals surface area contributed by atoms with E-state index >= 15 is 0 Å². The summed E-state index contributed by atoms with van der Waals surface area (Å²) < 4.78 is 2.41. The normalized spacial score (nSPS) is 19.3. The topological polar surface area (TPSA) is 14.7 Å². The van der Waals surface area contributed by atoms with Crippen molar-refractivity contribution < 1.29 is 0 Å². The molecule has 0 saturated heterocycles. The number of nitrogens with zero attached hydrogens (tertiary/aromatic N) is 4. The first-order valence-corrected chi connectivity index (χ1v) is 24.6. The fraction of sp³-hybridized carbons (Fsp3) is 0.156. The van der Waals surface area contributed by atoms with Crippen LogP contribution < -0.4 is 14.7 Å². The van der Waals surface area contributed by atoms with Gasteiger partial charge < -0.3 is 19.3 Å². The molecule has 0 atom stereocenters. The molecule has 330 valence electrons. The number of aromatic nitrogens is 1. The summed E-state index contributed by atoms with van der Waals surface area (Å²) in [6.07, 6.45) is 8.47. The van der Waals surface area contributed by atoms with Crippen molar-refractivity contribution in [2.45, 2.75) is 43.9 Å². The molecule has 10 aromatic rings. The third-order valence-corrected chi connectivity index (χ3v) is 15.4. The monoisotopic (exact) mass is 878 g/mol. The largest absolute Gasteiger partial charge is 0.310 e. The zero-order valence-electron chi connectivity index (χ0n) is 38.3.